The molecule has 3 saturated heterocycles. The normalized spacial score (nSPS) is 23.4. The molecule has 15 heteroatoms. The standard InChI is InChI=1S/C21H24F6N8O/c22-20(23,24)12-34-5-14(3-29-34)4-31-6-19(7-31)10-33(11-19)17(36)32-8-18(9-32)1-15(2-18)35-13-28-16(30-35)21(25,26)27/h3,5,13,15H,1-2,4,6-12H2. The van der Waals surface area contributed by atoms with Crippen molar-refractivity contribution < 1.29 is 31.1 Å². The van der Waals surface area contributed by atoms with Gasteiger partial charge in [0.2, 0.25) is 0 Å². The highest BCUT2D eigenvalue weighted by Gasteiger charge is 2.58. The van der Waals surface area contributed by atoms with Crippen molar-refractivity contribution in [2.45, 2.75) is 44.3 Å². The van der Waals surface area contributed by atoms with Crippen molar-refractivity contribution >= 4 is 6.03 Å². The monoisotopic (exact) mass is 518 g/mol. The fourth-order valence-electron chi connectivity index (χ4n) is 6.19. The van der Waals surface area contributed by atoms with Gasteiger partial charge in [-0.15, -0.1) is 5.10 Å². The van der Waals surface area contributed by atoms with Crippen molar-refractivity contribution in [3.8, 4) is 0 Å². The summed E-state index contributed by atoms with van der Waals surface area (Å²) >= 11 is 0. The van der Waals surface area contributed by atoms with Crippen molar-refractivity contribution in [3.63, 3.8) is 0 Å². The van der Waals surface area contributed by atoms with Crippen LogP contribution in [0.5, 0.6) is 0 Å². The third-order valence-electron chi connectivity index (χ3n) is 7.67. The van der Waals surface area contributed by atoms with E-state index >= 15 is 0 Å². The molecule has 5 heterocycles. The molecule has 0 unspecified atom stereocenters. The van der Waals surface area contributed by atoms with E-state index in [1.165, 1.54) is 17.1 Å². The van der Waals surface area contributed by atoms with Gasteiger partial charge in [0.15, 0.2) is 0 Å². The van der Waals surface area contributed by atoms with Crippen LogP contribution in [0.2, 0.25) is 0 Å². The number of urea groups is 1. The Bertz CT molecular complexity index is 1140. The van der Waals surface area contributed by atoms with Crippen LogP contribution in [0.1, 0.15) is 30.3 Å². The van der Waals surface area contributed by atoms with Crippen LogP contribution in [0.3, 0.4) is 0 Å². The Labute approximate surface area is 201 Å². The summed E-state index contributed by atoms with van der Waals surface area (Å²) in [7, 11) is 0. The van der Waals surface area contributed by atoms with E-state index in [1.54, 1.807) is 4.90 Å². The molecular weight excluding hydrogens is 494 g/mol. The summed E-state index contributed by atoms with van der Waals surface area (Å²) in [6.45, 7) is 3.49. The van der Waals surface area contributed by atoms with Gasteiger partial charge in [-0.2, -0.15) is 31.4 Å². The number of nitrogens with zero attached hydrogens (tertiary/aromatic N) is 8. The molecule has 2 aromatic rings. The highest BCUT2D eigenvalue weighted by molar-refractivity contribution is 5.77. The average molecular weight is 518 g/mol. The van der Waals surface area contributed by atoms with Crippen molar-refractivity contribution in [2.24, 2.45) is 10.8 Å². The van der Waals surface area contributed by atoms with Gasteiger partial charge in [0.05, 0.1) is 12.2 Å². The minimum absolute atomic E-state index is 0.0123. The number of hydrogen-bond donors (Lipinski definition) is 0. The fraction of sp³-hybridized carbons (Fsp3) is 0.714. The van der Waals surface area contributed by atoms with E-state index in [2.05, 4.69) is 20.1 Å². The first-order chi connectivity index (χ1) is 16.8. The van der Waals surface area contributed by atoms with E-state index < -0.39 is 24.7 Å². The number of carbonyl (C=O) groups excluding carboxylic acids is 1. The van der Waals surface area contributed by atoms with Gasteiger partial charge in [-0.25, -0.2) is 14.5 Å². The van der Waals surface area contributed by atoms with Gasteiger partial charge in [-0.05, 0) is 12.8 Å². The minimum atomic E-state index is -4.56. The molecule has 0 bridgehead atoms. The van der Waals surface area contributed by atoms with Crippen molar-refractivity contribution in [1.82, 2.24) is 39.2 Å². The summed E-state index contributed by atoms with van der Waals surface area (Å²) in [5.41, 5.74) is 0.730. The number of hydrogen-bond acceptors (Lipinski definition) is 5. The summed E-state index contributed by atoms with van der Waals surface area (Å²) < 4.78 is 77.7. The molecule has 0 N–H and O–H groups in total. The van der Waals surface area contributed by atoms with E-state index in [4.69, 9.17) is 0 Å². The van der Waals surface area contributed by atoms with Crippen LogP contribution in [0, 0.1) is 10.8 Å². The van der Waals surface area contributed by atoms with Gasteiger partial charge in [-0.3, -0.25) is 9.58 Å². The van der Waals surface area contributed by atoms with Gasteiger partial charge in [0, 0.05) is 68.4 Å². The number of halogens is 6. The smallest absolute Gasteiger partial charge is 0.323 e. The van der Waals surface area contributed by atoms with E-state index in [9.17, 15) is 31.1 Å². The number of likely N-dealkylation sites (tertiary alicyclic amines) is 3. The average Bonchev–Trinajstić information content (AvgIpc) is 3.28. The van der Waals surface area contributed by atoms with E-state index in [-0.39, 0.29) is 22.9 Å². The Morgan fingerprint density at radius 3 is 2.19 bits per heavy atom. The van der Waals surface area contributed by atoms with Crippen LogP contribution >= 0.6 is 0 Å². The number of carbonyl (C=O) groups is 1. The van der Waals surface area contributed by atoms with Crippen molar-refractivity contribution in [3.05, 3.63) is 30.1 Å². The van der Waals surface area contributed by atoms with E-state index in [1.807, 2.05) is 4.90 Å². The zero-order valence-electron chi connectivity index (χ0n) is 19.1. The Balaban J connectivity index is 0.914. The lowest BCUT2D eigenvalue weighted by molar-refractivity contribution is -0.145. The second-order valence-electron chi connectivity index (χ2n) is 10.9. The maximum absolute atomic E-state index is 12.8. The number of aromatic nitrogens is 5. The third kappa shape index (κ3) is 4.20. The fourth-order valence-corrected chi connectivity index (χ4v) is 6.19. The largest absolute Gasteiger partial charge is 0.453 e. The van der Waals surface area contributed by atoms with Gasteiger partial charge in [-0.1, -0.05) is 0 Å². The van der Waals surface area contributed by atoms with Gasteiger partial charge < -0.3 is 9.80 Å². The topological polar surface area (TPSA) is 75.3 Å². The van der Waals surface area contributed by atoms with E-state index in [0.717, 1.165) is 29.7 Å². The molecule has 2 aromatic heterocycles. The zero-order valence-corrected chi connectivity index (χ0v) is 19.1. The first-order valence-electron chi connectivity index (χ1n) is 11.6. The molecule has 196 valence electrons. The van der Waals surface area contributed by atoms with Crippen LogP contribution in [-0.2, 0) is 19.3 Å². The molecule has 2 amide bonds. The van der Waals surface area contributed by atoms with Gasteiger partial charge in [0.25, 0.3) is 5.82 Å². The van der Waals surface area contributed by atoms with Crippen molar-refractivity contribution in [1.29, 1.82) is 0 Å². The Morgan fingerprint density at radius 2 is 1.61 bits per heavy atom. The summed E-state index contributed by atoms with van der Waals surface area (Å²) in [5.74, 6) is -1.13. The number of rotatable bonds is 4. The molecule has 1 aliphatic carbocycles. The lowest BCUT2D eigenvalue weighted by atomic mass is 9.60. The second-order valence-corrected chi connectivity index (χ2v) is 10.9. The number of alkyl halides is 6. The highest BCUT2D eigenvalue weighted by Crippen LogP contribution is 2.54. The van der Waals surface area contributed by atoms with E-state index in [0.29, 0.717) is 45.6 Å². The summed E-state index contributed by atoms with van der Waals surface area (Å²) in [6, 6.07) is -0.138. The van der Waals surface area contributed by atoms with Crippen molar-refractivity contribution in [2.75, 3.05) is 39.3 Å². The van der Waals surface area contributed by atoms with Crippen LogP contribution in [0.15, 0.2) is 18.7 Å². The van der Waals surface area contributed by atoms with Gasteiger partial charge in [0.1, 0.15) is 12.9 Å². The van der Waals surface area contributed by atoms with Crippen LogP contribution in [0.4, 0.5) is 31.1 Å². The maximum Gasteiger partial charge on any atom is 0.453 e. The lowest BCUT2D eigenvalue weighted by Crippen LogP contribution is -2.75. The molecule has 36 heavy (non-hydrogen) atoms. The van der Waals surface area contributed by atoms with Gasteiger partial charge >= 0.3 is 18.4 Å². The molecule has 1 saturated carbocycles. The highest BCUT2D eigenvalue weighted by atomic mass is 19.4. The number of amides is 2. The zero-order chi connectivity index (χ0) is 25.5. The van der Waals surface area contributed by atoms with Crippen LogP contribution < -0.4 is 0 Å². The summed E-state index contributed by atoms with van der Waals surface area (Å²) in [5, 5.41) is 7.32. The first kappa shape index (κ1) is 23.6. The molecule has 0 radical (unpaired) electrons. The SMILES string of the molecule is O=C(N1CC2(CC(n3cnc(C(F)(F)F)n3)C2)C1)N1CC2(CN(Cc3cnn(CC(F)(F)F)c3)C2)C1. The third-order valence-corrected chi connectivity index (χ3v) is 7.67. The Hall–Kier alpha value is -2.84. The van der Waals surface area contributed by atoms with Crippen LogP contribution in [-0.4, -0.2) is 90.7 Å². The molecular formula is C21H24F6N8O. The minimum Gasteiger partial charge on any atom is -0.323 e. The molecule has 0 atom stereocenters. The summed E-state index contributed by atoms with van der Waals surface area (Å²) in [4.78, 5) is 21.9. The molecule has 3 aliphatic heterocycles. The molecule has 0 aromatic carbocycles. The summed E-state index contributed by atoms with van der Waals surface area (Å²) in [6.07, 6.45) is -3.52. The quantitative estimate of drug-likeness (QED) is 0.582. The second kappa shape index (κ2) is 7.59. The molecule has 4 aliphatic rings. The van der Waals surface area contributed by atoms with Crippen LogP contribution in [0.25, 0.3) is 0 Å². The molecule has 4 fully saturated rings. The predicted octanol–water partition coefficient (Wildman–Crippen LogP) is 2.63. The Morgan fingerprint density at radius 1 is 0.972 bits per heavy atom. The first-order valence-corrected chi connectivity index (χ1v) is 11.6. The predicted molar refractivity (Wildman–Crippen MR) is 110 cm³/mol. The maximum atomic E-state index is 12.8. The molecule has 6 rings (SSSR count). The molecule has 2 spiro atoms. The molecule has 9 nitrogen and oxygen atoms in total. The lowest BCUT2D eigenvalue weighted by Gasteiger charge is -2.63. The Kier molecular flexibility index (Phi) is 4.96.